The summed E-state index contributed by atoms with van der Waals surface area (Å²) in [6, 6.07) is 0. The smallest absolute Gasteiger partial charge is 0.169 e. The normalized spacial score (nSPS) is 44.4. The van der Waals surface area contributed by atoms with Gasteiger partial charge >= 0.3 is 0 Å². The van der Waals surface area contributed by atoms with E-state index in [1.807, 2.05) is 13.0 Å². The van der Waals surface area contributed by atoms with Crippen molar-refractivity contribution in [3.63, 3.8) is 0 Å². The first-order valence-electron chi connectivity index (χ1n) is 3.19. The van der Waals surface area contributed by atoms with E-state index >= 15 is 0 Å². The van der Waals surface area contributed by atoms with Crippen LogP contribution >= 0.6 is 15.9 Å². The Kier molecular flexibility index (Phi) is 1.12. The second-order valence-corrected chi connectivity index (χ2v) is 3.90. The third kappa shape index (κ3) is 0.705. The van der Waals surface area contributed by atoms with Gasteiger partial charge in [-0.1, -0.05) is 15.9 Å². The molecule has 0 spiro atoms. The molecule has 1 fully saturated rings. The fourth-order valence-corrected chi connectivity index (χ4v) is 2.31. The molecule has 2 bridgehead atoms. The molecule has 2 unspecified atom stereocenters. The van der Waals surface area contributed by atoms with Crippen molar-refractivity contribution in [1.29, 1.82) is 0 Å². The van der Waals surface area contributed by atoms with Gasteiger partial charge in [-0.15, -0.1) is 0 Å². The van der Waals surface area contributed by atoms with Crippen molar-refractivity contribution in [3.8, 4) is 0 Å². The van der Waals surface area contributed by atoms with Crippen LogP contribution in [-0.2, 0) is 9.53 Å². The maximum absolute atomic E-state index is 11.1. The van der Waals surface area contributed by atoms with Crippen LogP contribution in [0.4, 0.5) is 0 Å². The summed E-state index contributed by atoms with van der Waals surface area (Å²) in [5.74, 6) is 0.192. The average molecular weight is 203 g/mol. The fourth-order valence-electron chi connectivity index (χ4n) is 1.48. The van der Waals surface area contributed by atoms with E-state index in [1.165, 1.54) is 0 Å². The molecule has 2 aliphatic rings. The topological polar surface area (TPSA) is 26.3 Å². The van der Waals surface area contributed by atoms with E-state index in [2.05, 4.69) is 15.9 Å². The van der Waals surface area contributed by atoms with Crippen LogP contribution in [0.3, 0.4) is 0 Å². The van der Waals surface area contributed by atoms with Gasteiger partial charge in [-0.2, -0.15) is 0 Å². The molecule has 0 aromatic heterocycles. The molecule has 10 heavy (non-hydrogen) atoms. The number of Topliss-reactive ketones (excluding diaryl/α,β-unsaturated/α-hetero) is 1. The first-order chi connectivity index (χ1) is 4.61. The quantitative estimate of drug-likeness (QED) is 0.594. The Hall–Kier alpha value is -0.150. The van der Waals surface area contributed by atoms with E-state index in [0.29, 0.717) is 6.42 Å². The summed E-state index contributed by atoms with van der Waals surface area (Å²) >= 11 is 3.29. The first kappa shape index (κ1) is 6.55. The van der Waals surface area contributed by atoms with Crippen molar-refractivity contribution in [2.45, 2.75) is 25.0 Å². The van der Waals surface area contributed by atoms with Crippen molar-refractivity contribution < 1.29 is 9.53 Å². The zero-order chi connectivity index (χ0) is 7.35. The molecule has 0 aromatic rings. The second-order valence-electron chi connectivity index (χ2n) is 2.98. The lowest BCUT2D eigenvalue weighted by molar-refractivity contribution is -0.120. The van der Waals surface area contributed by atoms with Gasteiger partial charge in [-0.05, 0) is 13.0 Å². The largest absolute Gasteiger partial charge is 0.354 e. The molecule has 0 aromatic carbocycles. The highest BCUT2D eigenvalue weighted by molar-refractivity contribution is 9.11. The molecule has 2 heterocycles. The number of carbonyl (C=O) groups is 1. The van der Waals surface area contributed by atoms with E-state index in [0.717, 1.165) is 4.48 Å². The van der Waals surface area contributed by atoms with E-state index in [1.54, 1.807) is 0 Å². The molecule has 0 N–H and O–H groups in total. The number of ether oxygens (including phenoxy) is 1. The molecular weight excluding hydrogens is 196 g/mol. The predicted octanol–water partition coefficient (Wildman–Crippen LogP) is 1.40. The highest BCUT2D eigenvalue weighted by Gasteiger charge is 2.47. The van der Waals surface area contributed by atoms with Gasteiger partial charge < -0.3 is 4.74 Å². The Labute approximate surface area is 67.4 Å². The van der Waals surface area contributed by atoms with Crippen LogP contribution in [0.1, 0.15) is 13.3 Å². The maximum atomic E-state index is 11.1. The lowest BCUT2D eigenvalue weighted by Crippen LogP contribution is -2.18. The van der Waals surface area contributed by atoms with Crippen molar-refractivity contribution in [2.75, 3.05) is 0 Å². The number of ketones is 1. The maximum Gasteiger partial charge on any atom is 0.169 e. The Morgan fingerprint density at radius 1 is 1.90 bits per heavy atom. The van der Waals surface area contributed by atoms with Crippen LogP contribution in [0, 0.1) is 0 Å². The Morgan fingerprint density at radius 2 is 2.60 bits per heavy atom. The molecule has 0 saturated carbocycles. The number of hydrogen-bond donors (Lipinski definition) is 0. The highest BCUT2D eigenvalue weighted by atomic mass is 79.9. The van der Waals surface area contributed by atoms with Gasteiger partial charge in [0.25, 0.3) is 0 Å². The lowest BCUT2D eigenvalue weighted by Gasteiger charge is -2.12. The van der Waals surface area contributed by atoms with Crippen LogP contribution in [0.5, 0.6) is 0 Å². The zero-order valence-electron chi connectivity index (χ0n) is 5.56. The van der Waals surface area contributed by atoms with E-state index in [-0.39, 0.29) is 17.5 Å². The van der Waals surface area contributed by atoms with Crippen LogP contribution < -0.4 is 0 Å². The summed E-state index contributed by atoms with van der Waals surface area (Å²) in [5, 5.41) is 0. The lowest BCUT2D eigenvalue weighted by atomic mass is 9.96. The molecule has 0 amide bonds. The SMILES string of the molecule is CC12C=C(Br)C(O1)C(=O)C2. The van der Waals surface area contributed by atoms with Crippen molar-refractivity contribution in [1.82, 2.24) is 0 Å². The molecule has 2 aliphatic heterocycles. The minimum atomic E-state index is -0.305. The number of hydrogen-bond acceptors (Lipinski definition) is 2. The Balaban J connectivity index is 2.43. The van der Waals surface area contributed by atoms with Crippen LogP contribution in [-0.4, -0.2) is 17.5 Å². The second kappa shape index (κ2) is 1.71. The standard InChI is InChI=1S/C7H7BrO2/c1-7-2-4(8)6(10-7)5(9)3-7/h2,6H,3H2,1H3. The molecular formula is C7H7BrO2. The summed E-state index contributed by atoms with van der Waals surface area (Å²) < 4.78 is 6.29. The number of carbonyl (C=O) groups excluding carboxylic acids is 1. The van der Waals surface area contributed by atoms with Crippen LogP contribution in [0.2, 0.25) is 0 Å². The molecule has 1 saturated heterocycles. The Bertz CT molecular complexity index is 234. The van der Waals surface area contributed by atoms with E-state index < -0.39 is 0 Å². The van der Waals surface area contributed by atoms with Crippen molar-refractivity contribution in [3.05, 3.63) is 10.6 Å². The third-order valence-electron chi connectivity index (χ3n) is 1.90. The van der Waals surface area contributed by atoms with E-state index in [9.17, 15) is 4.79 Å². The van der Waals surface area contributed by atoms with Crippen LogP contribution in [0.15, 0.2) is 10.6 Å². The monoisotopic (exact) mass is 202 g/mol. The average Bonchev–Trinajstić information content (AvgIpc) is 2.17. The summed E-state index contributed by atoms with van der Waals surface area (Å²) in [6.45, 7) is 1.93. The molecule has 54 valence electrons. The van der Waals surface area contributed by atoms with Gasteiger partial charge in [0.15, 0.2) is 5.78 Å². The molecule has 2 rings (SSSR count). The number of halogens is 1. The zero-order valence-corrected chi connectivity index (χ0v) is 7.14. The molecule has 2 nitrogen and oxygen atoms in total. The molecule has 3 heteroatoms. The van der Waals surface area contributed by atoms with Gasteiger partial charge in [-0.3, -0.25) is 4.79 Å². The summed E-state index contributed by atoms with van der Waals surface area (Å²) in [7, 11) is 0. The number of rotatable bonds is 0. The molecule has 0 radical (unpaired) electrons. The van der Waals surface area contributed by atoms with Gasteiger partial charge in [-0.25, -0.2) is 0 Å². The van der Waals surface area contributed by atoms with Crippen LogP contribution in [0.25, 0.3) is 0 Å². The third-order valence-corrected chi connectivity index (χ3v) is 2.54. The first-order valence-corrected chi connectivity index (χ1v) is 3.99. The molecule has 2 atom stereocenters. The van der Waals surface area contributed by atoms with Gasteiger partial charge in [0.2, 0.25) is 0 Å². The Morgan fingerprint density at radius 3 is 2.90 bits per heavy atom. The van der Waals surface area contributed by atoms with Gasteiger partial charge in [0, 0.05) is 10.9 Å². The minimum absolute atomic E-state index is 0.192. The predicted molar refractivity (Wildman–Crippen MR) is 39.9 cm³/mol. The minimum Gasteiger partial charge on any atom is -0.354 e. The fraction of sp³-hybridized carbons (Fsp3) is 0.571. The van der Waals surface area contributed by atoms with Crippen molar-refractivity contribution >= 4 is 21.7 Å². The number of fused-ring (bicyclic) bond motifs is 2. The summed E-state index contributed by atoms with van der Waals surface area (Å²) in [5.41, 5.74) is -0.305. The molecule has 0 aliphatic carbocycles. The van der Waals surface area contributed by atoms with Gasteiger partial charge in [0.05, 0.1) is 5.60 Å². The highest BCUT2D eigenvalue weighted by Crippen LogP contribution is 2.41. The summed E-state index contributed by atoms with van der Waals surface area (Å²) in [4.78, 5) is 11.1. The van der Waals surface area contributed by atoms with Crippen molar-refractivity contribution in [2.24, 2.45) is 0 Å². The van der Waals surface area contributed by atoms with E-state index in [4.69, 9.17) is 4.74 Å². The summed E-state index contributed by atoms with van der Waals surface area (Å²) in [6.07, 6.45) is 2.22. The van der Waals surface area contributed by atoms with Gasteiger partial charge in [0.1, 0.15) is 6.10 Å².